The van der Waals surface area contributed by atoms with E-state index in [0.717, 1.165) is 17.2 Å². The minimum Gasteiger partial charge on any atom is -0.341 e. The highest BCUT2D eigenvalue weighted by Gasteiger charge is 2.18. The highest BCUT2D eigenvalue weighted by Crippen LogP contribution is 2.11. The number of carbonyl (C=O) groups excluding carboxylic acids is 1. The van der Waals surface area contributed by atoms with E-state index < -0.39 is 17.7 Å². The number of rotatable bonds is 3. The van der Waals surface area contributed by atoms with Crippen LogP contribution in [0.25, 0.3) is 0 Å². The molecular formula is C10H9F2N3O. The fourth-order valence-corrected chi connectivity index (χ4v) is 1.11. The number of hydrogen-bond donors (Lipinski definition) is 0. The Morgan fingerprint density at radius 1 is 1.62 bits per heavy atom. The molecule has 0 N–H and O–H groups in total. The van der Waals surface area contributed by atoms with Crippen molar-refractivity contribution in [2.24, 2.45) is 0 Å². The van der Waals surface area contributed by atoms with Gasteiger partial charge in [0.25, 0.3) is 5.91 Å². The van der Waals surface area contributed by atoms with Gasteiger partial charge in [-0.1, -0.05) is 0 Å². The second-order valence-electron chi connectivity index (χ2n) is 3.10. The van der Waals surface area contributed by atoms with Crippen LogP contribution < -0.4 is 0 Å². The molecule has 0 fully saturated rings. The maximum atomic E-state index is 13.2. The molecule has 0 saturated heterocycles. The van der Waals surface area contributed by atoms with Gasteiger partial charge < -0.3 is 4.90 Å². The van der Waals surface area contributed by atoms with Gasteiger partial charge in [-0.3, -0.25) is 4.79 Å². The van der Waals surface area contributed by atoms with E-state index in [9.17, 15) is 13.6 Å². The van der Waals surface area contributed by atoms with Crippen LogP contribution in [0.1, 0.15) is 16.8 Å². The quantitative estimate of drug-likeness (QED) is 0.729. The summed E-state index contributed by atoms with van der Waals surface area (Å²) in [4.78, 5) is 15.8. The Bertz CT molecular complexity index is 442. The van der Waals surface area contributed by atoms with Crippen LogP contribution in [0, 0.1) is 23.1 Å². The van der Waals surface area contributed by atoms with Crippen molar-refractivity contribution < 1.29 is 13.6 Å². The van der Waals surface area contributed by atoms with Crippen molar-refractivity contribution in [2.75, 3.05) is 13.6 Å². The molecule has 0 aromatic carbocycles. The van der Waals surface area contributed by atoms with Gasteiger partial charge in [0.2, 0.25) is 5.95 Å². The maximum Gasteiger partial charge on any atom is 0.256 e. The third kappa shape index (κ3) is 2.51. The Morgan fingerprint density at radius 3 is 2.94 bits per heavy atom. The summed E-state index contributed by atoms with van der Waals surface area (Å²) >= 11 is 0. The Kier molecular flexibility index (Phi) is 3.89. The number of hydrogen-bond acceptors (Lipinski definition) is 3. The highest BCUT2D eigenvalue weighted by molar-refractivity contribution is 5.94. The first-order chi connectivity index (χ1) is 7.57. The van der Waals surface area contributed by atoms with E-state index in [-0.39, 0.29) is 18.5 Å². The topological polar surface area (TPSA) is 57.0 Å². The average molecular weight is 225 g/mol. The van der Waals surface area contributed by atoms with Crippen molar-refractivity contribution >= 4 is 5.91 Å². The standard InChI is InChI=1S/C10H9F2N3O/c1-15(6-2-4-13)10(16)7-3-5-14-9(12)8(7)11/h3,5H,2,6H2,1H3. The third-order valence-electron chi connectivity index (χ3n) is 1.98. The zero-order chi connectivity index (χ0) is 12.1. The van der Waals surface area contributed by atoms with Crippen molar-refractivity contribution in [3.63, 3.8) is 0 Å². The smallest absolute Gasteiger partial charge is 0.256 e. The fourth-order valence-electron chi connectivity index (χ4n) is 1.11. The van der Waals surface area contributed by atoms with Crippen LogP contribution in [-0.2, 0) is 0 Å². The van der Waals surface area contributed by atoms with E-state index in [4.69, 9.17) is 5.26 Å². The van der Waals surface area contributed by atoms with Gasteiger partial charge in [-0.2, -0.15) is 9.65 Å². The van der Waals surface area contributed by atoms with Crippen LogP contribution in [0.4, 0.5) is 8.78 Å². The molecule has 4 nitrogen and oxygen atoms in total. The zero-order valence-corrected chi connectivity index (χ0v) is 8.57. The highest BCUT2D eigenvalue weighted by atomic mass is 19.2. The molecule has 0 aliphatic heterocycles. The van der Waals surface area contributed by atoms with Gasteiger partial charge >= 0.3 is 0 Å². The Labute approximate surface area is 91.1 Å². The van der Waals surface area contributed by atoms with Gasteiger partial charge in [0, 0.05) is 19.8 Å². The molecule has 0 aliphatic carbocycles. The number of carbonyl (C=O) groups is 1. The summed E-state index contributed by atoms with van der Waals surface area (Å²) < 4.78 is 25.9. The van der Waals surface area contributed by atoms with Crippen molar-refractivity contribution in [1.82, 2.24) is 9.88 Å². The Morgan fingerprint density at radius 2 is 2.31 bits per heavy atom. The van der Waals surface area contributed by atoms with Gasteiger partial charge in [-0.25, -0.2) is 9.37 Å². The molecule has 0 atom stereocenters. The van der Waals surface area contributed by atoms with Crippen molar-refractivity contribution in [1.29, 1.82) is 5.26 Å². The lowest BCUT2D eigenvalue weighted by molar-refractivity contribution is 0.0792. The van der Waals surface area contributed by atoms with Crippen LogP contribution in [0.2, 0.25) is 0 Å². The van der Waals surface area contributed by atoms with Crippen LogP contribution in [0.5, 0.6) is 0 Å². The predicted molar refractivity (Wildman–Crippen MR) is 51.3 cm³/mol. The summed E-state index contributed by atoms with van der Waals surface area (Å²) in [5.74, 6) is -3.25. The Balaban J connectivity index is 2.89. The van der Waals surface area contributed by atoms with E-state index in [1.165, 1.54) is 7.05 Å². The van der Waals surface area contributed by atoms with Gasteiger partial charge in [0.1, 0.15) is 0 Å². The molecule has 0 saturated carbocycles. The molecule has 0 unspecified atom stereocenters. The van der Waals surface area contributed by atoms with E-state index in [0.29, 0.717) is 0 Å². The molecule has 0 spiro atoms. The number of aromatic nitrogens is 1. The van der Waals surface area contributed by atoms with Crippen molar-refractivity contribution in [3.8, 4) is 6.07 Å². The zero-order valence-electron chi connectivity index (χ0n) is 8.57. The molecule has 1 aromatic heterocycles. The molecule has 1 amide bonds. The lowest BCUT2D eigenvalue weighted by Gasteiger charge is -2.15. The predicted octanol–water partition coefficient (Wildman–Crippen LogP) is 1.35. The maximum absolute atomic E-state index is 13.2. The van der Waals surface area contributed by atoms with E-state index in [1.54, 1.807) is 0 Å². The summed E-state index contributed by atoms with van der Waals surface area (Å²) in [5, 5.41) is 8.33. The van der Waals surface area contributed by atoms with E-state index in [1.807, 2.05) is 6.07 Å². The van der Waals surface area contributed by atoms with Crippen molar-refractivity contribution in [3.05, 3.63) is 29.6 Å². The molecule has 1 rings (SSSR count). The Hall–Kier alpha value is -2.03. The lowest BCUT2D eigenvalue weighted by Crippen LogP contribution is -2.28. The minimum atomic E-state index is -1.31. The number of pyridine rings is 1. The summed E-state index contributed by atoms with van der Waals surface area (Å²) in [7, 11) is 1.41. The molecular weight excluding hydrogens is 216 g/mol. The van der Waals surface area contributed by atoms with Crippen LogP contribution in [0.15, 0.2) is 12.3 Å². The van der Waals surface area contributed by atoms with Crippen LogP contribution in [-0.4, -0.2) is 29.4 Å². The molecule has 6 heteroatoms. The number of nitriles is 1. The molecule has 1 aromatic rings. The molecule has 0 radical (unpaired) electrons. The molecule has 84 valence electrons. The van der Waals surface area contributed by atoms with Crippen LogP contribution in [0.3, 0.4) is 0 Å². The van der Waals surface area contributed by atoms with Gasteiger partial charge in [-0.05, 0) is 6.07 Å². The van der Waals surface area contributed by atoms with Crippen LogP contribution >= 0.6 is 0 Å². The molecule has 0 bridgehead atoms. The first-order valence-corrected chi connectivity index (χ1v) is 4.50. The first kappa shape index (κ1) is 12.0. The molecule has 1 heterocycles. The van der Waals surface area contributed by atoms with Gasteiger partial charge in [-0.15, -0.1) is 0 Å². The summed E-state index contributed by atoms with van der Waals surface area (Å²) in [5.41, 5.74) is -0.382. The average Bonchev–Trinajstić information content (AvgIpc) is 2.28. The normalized spacial score (nSPS) is 9.62. The SMILES string of the molecule is CN(CCC#N)C(=O)c1ccnc(F)c1F. The second kappa shape index (κ2) is 5.16. The van der Waals surface area contributed by atoms with E-state index in [2.05, 4.69) is 4.98 Å². The largest absolute Gasteiger partial charge is 0.341 e. The summed E-state index contributed by atoms with van der Waals surface area (Å²) in [6.45, 7) is 0.165. The molecule has 16 heavy (non-hydrogen) atoms. The summed E-state index contributed by atoms with van der Waals surface area (Å²) in [6.07, 6.45) is 1.15. The van der Waals surface area contributed by atoms with Crippen molar-refractivity contribution in [2.45, 2.75) is 6.42 Å². The van der Waals surface area contributed by atoms with E-state index >= 15 is 0 Å². The number of nitrogens with zero attached hydrogens (tertiary/aromatic N) is 3. The molecule has 0 aliphatic rings. The second-order valence-corrected chi connectivity index (χ2v) is 3.10. The minimum absolute atomic E-state index is 0.136. The van der Waals surface area contributed by atoms with Gasteiger partial charge in [0.15, 0.2) is 5.82 Å². The fraction of sp³-hybridized carbons (Fsp3) is 0.300. The summed E-state index contributed by atoms with van der Waals surface area (Å²) in [6, 6.07) is 2.96. The monoisotopic (exact) mass is 225 g/mol. The van der Waals surface area contributed by atoms with Gasteiger partial charge in [0.05, 0.1) is 18.1 Å². The third-order valence-corrected chi connectivity index (χ3v) is 1.98. The first-order valence-electron chi connectivity index (χ1n) is 4.50. The lowest BCUT2D eigenvalue weighted by atomic mass is 10.2. The number of amides is 1. The number of halogens is 2.